The minimum Gasteiger partial charge on any atom is -0.326 e. The molecule has 0 aliphatic rings. The largest absolute Gasteiger partial charge is 0.326 e. The van der Waals surface area contributed by atoms with Crippen LogP contribution in [-0.2, 0) is 19.5 Å². The maximum Gasteiger partial charge on any atom is 0.127 e. The average Bonchev–Trinajstić information content (AvgIpc) is 2.48. The van der Waals surface area contributed by atoms with Gasteiger partial charge in [-0.15, -0.1) is 0 Å². The summed E-state index contributed by atoms with van der Waals surface area (Å²) in [6.45, 7) is 1.92. The quantitative estimate of drug-likeness (QED) is 0.878. The Labute approximate surface area is 119 Å². The lowest BCUT2D eigenvalue weighted by Gasteiger charge is -2.17. The van der Waals surface area contributed by atoms with Gasteiger partial charge in [0.15, 0.2) is 0 Å². The van der Waals surface area contributed by atoms with E-state index in [1.165, 1.54) is 6.07 Å². The number of likely N-dealkylation sites (N-methyl/N-ethyl adjacent to an activating group) is 1. The summed E-state index contributed by atoms with van der Waals surface area (Å²) in [4.78, 5) is 6.50. The van der Waals surface area contributed by atoms with Gasteiger partial charge in [-0.25, -0.2) is 4.39 Å². The Bertz CT molecular complexity index is 543. The van der Waals surface area contributed by atoms with Gasteiger partial charge in [0.05, 0.1) is 0 Å². The van der Waals surface area contributed by atoms with Gasteiger partial charge >= 0.3 is 0 Å². The monoisotopic (exact) mass is 273 g/mol. The molecule has 1 aromatic heterocycles. The molecule has 0 aliphatic carbocycles. The summed E-state index contributed by atoms with van der Waals surface area (Å²) in [6.07, 6.45) is 2.71. The van der Waals surface area contributed by atoms with E-state index in [4.69, 9.17) is 5.73 Å². The highest BCUT2D eigenvalue weighted by Crippen LogP contribution is 2.12. The fourth-order valence-corrected chi connectivity index (χ4v) is 2.13. The second-order valence-electron chi connectivity index (χ2n) is 4.94. The van der Waals surface area contributed by atoms with Gasteiger partial charge in [-0.2, -0.15) is 0 Å². The van der Waals surface area contributed by atoms with Crippen molar-refractivity contribution in [3.63, 3.8) is 0 Å². The van der Waals surface area contributed by atoms with Crippen molar-refractivity contribution in [3.8, 4) is 0 Å². The molecule has 1 aromatic carbocycles. The fourth-order valence-electron chi connectivity index (χ4n) is 2.13. The van der Waals surface area contributed by atoms with Gasteiger partial charge in [-0.05, 0) is 30.8 Å². The Morgan fingerprint density at radius 1 is 1.25 bits per heavy atom. The number of hydrogen-bond acceptors (Lipinski definition) is 3. The van der Waals surface area contributed by atoms with Crippen molar-refractivity contribution in [2.45, 2.75) is 19.5 Å². The van der Waals surface area contributed by atoms with Crippen molar-refractivity contribution in [1.29, 1.82) is 0 Å². The average molecular weight is 273 g/mol. The molecule has 2 aromatic rings. The van der Waals surface area contributed by atoms with Gasteiger partial charge in [0, 0.05) is 43.5 Å². The Morgan fingerprint density at radius 3 is 2.80 bits per heavy atom. The SMILES string of the molecule is CN(CCc1ccccn1)Cc1ccc(F)c(CN)c1. The molecule has 3 nitrogen and oxygen atoms in total. The third kappa shape index (κ3) is 4.11. The van der Waals surface area contributed by atoms with Crippen LogP contribution in [0.15, 0.2) is 42.6 Å². The van der Waals surface area contributed by atoms with Crippen LogP contribution in [0.2, 0.25) is 0 Å². The first-order valence-corrected chi connectivity index (χ1v) is 6.75. The van der Waals surface area contributed by atoms with Gasteiger partial charge in [-0.3, -0.25) is 4.98 Å². The minimum atomic E-state index is -0.229. The zero-order chi connectivity index (χ0) is 14.4. The van der Waals surface area contributed by atoms with Crippen LogP contribution >= 0.6 is 0 Å². The Kier molecular flexibility index (Phi) is 5.21. The third-order valence-corrected chi connectivity index (χ3v) is 3.26. The molecule has 20 heavy (non-hydrogen) atoms. The number of pyridine rings is 1. The molecule has 2 N–H and O–H groups in total. The fraction of sp³-hybridized carbons (Fsp3) is 0.312. The highest BCUT2D eigenvalue weighted by Gasteiger charge is 2.05. The zero-order valence-corrected chi connectivity index (χ0v) is 11.7. The molecule has 106 valence electrons. The number of benzene rings is 1. The summed E-state index contributed by atoms with van der Waals surface area (Å²) in [6, 6.07) is 11.1. The first-order chi connectivity index (χ1) is 9.69. The highest BCUT2D eigenvalue weighted by atomic mass is 19.1. The lowest BCUT2D eigenvalue weighted by Crippen LogP contribution is -2.21. The van der Waals surface area contributed by atoms with Crippen LogP contribution in [0.1, 0.15) is 16.8 Å². The molecule has 4 heteroatoms. The summed E-state index contributed by atoms with van der Waals surface area (Å²) >= 11 is 0. The van der Waals surface area contributed by atoms with Gasteiger partial charge in [0.25, 0.3) is 0 Å². The maximum absolute atomic E-state index is 13.4. The van der Waals surface area contributed by atoms with Gasteiger partial charge in [-0.1, -0.05) is 18.2 Å². The maximum atomic E-state index is 13.4. The molecular formula is C16H20FN3. The summed E-state index contributed by atoms with van der Waals surface area (Å²) < 4.78 is 13.4. The summed E-state index contributed by atoms with van der Waals surface area (Å²) in [5, 5.41) is 0. The molecule has 0 amide bonds. The van der Waals surface area contributed by atoms with Crippen LogP contribution < -0.4 is 5.73 Å². The van der Waals surface area contributed by atoms with Gasteiger partial charge in [0.1, 0.15) is 5.82 Å². The molecule has 0 radical (unpaired) electrons. The van der Waals surface area contributed by atoms with E-state index in [2.05, 4.69) is 16.9 Å². The minimum absolute atomic E-state index is 0.229. The molecule has 0 bridgehead atoms. The molecule has 0 spiro atoms. The summed E-state index contributed by atoms with van der Waals surface area (Å²) in [7, 11) is 2.05. The van der Waals surface area contributed by atoms with Crippen molar-refractivity contribution in [1.82, 2.24) is 9.88 Å². The second-order valence-corrected chi connectivity index (χ2v) is 4.94. The molecule has 0 fully saturated rings. The smallest absolute Gasteiger partial charge is 0.127 e. The number of nitrogens with zero attached hydrogens (tertiary/aromatic N) is 2. The molecule has 1 heterocycles. The highest BCUT2D eigenvalue weighted by molar-refractivity contribution is 5.25. The predicted octanol–water partition coefficient (Wildman–Crippen LogP) is 2.35. The second kappa shape index (κ2) is 7.12. The Morgan fingerprint density at radius 2 is 2.10 bits per heavy atom. The summed E-state index contributed by atoms with van der Waals surface area (Å²) in [5.41, 5.74) is 8.26. The third-order valence-electron chi connectivity index (χ3n) is 3.26. The number of rotatable bonds is 6. The predicted molar refractivity (Wildman–Crippen MR) is 78.6 cm³/mol. The van der Waals surface area contributed by atoms with E-state index in [0.29, 0.717) is 5.56 Å². The van der Waals surface area contributed by atoms with E-state index < -0.39 is 0 Å². The number of hydrogen-bond donors (Lipinski definition) is 1. The first-order valence-electron chi connectivity index (χ1n) is 6.75. The Hall–Kier alpha value is -1.78. The van der Waals surface area contributed by atoms with Crippen LogP contribution in [-0.4, -0.2) is 23.5 Å². The lowest BCUT2D eigenvalue weighted by atomic mass is 10.1. The molecule has 0 aliphatic heterocycles. The zero-order valence-electron chi connectivity index (χ0n) is 11.7. The normalized spacial score (nSPS) is 11.0. The van der Waals surface area contributed by atoms with E-state index in [0.717, 1.165) is 30.8 Å². The van der Waals surface area contributed by atoms with Crippen molar-refractivity contribution >= 4 is 0 Å². The molecule has 0 unspecified atom stereocenters. The van der Waals surface area contributed by atoms with E-state index in [9.17, 15) is 4.39 Å². The molecule has 0 saturated carbocycles. The topological polar surface area (TPSA) is 42.2 Å². The van der Waals surface area contributed by atoms with E-state index in [-0.39, 0.29) is 12.4 Å². The number of nitrogens with two attached hydrogens (primary N) is 1. The standard InChI is InChI=1S/C16H20FN3/c1-20(9-7-15-4-2-3-8-19-15)12-13-5-6-16(17)14(10-13)11-18/h2-6,8,10H,7,9,11-12,18H2,1H3. The van der Waals surface area contributed by atoms with Crippen LogP contribution in [0.4, 0.5) is 4.39 Å². The van der Waals surface area contributed by atoms with Crippen molar-refractivity contribution in [2.75, 3.05) is 13.6 Å². The van der Waals surface area contributed by atoms with E-state index >= 15 is 0 Å². The van der Waals surface area contributed by atoms with Crippen LogP contribution in [0, 0.1) is 5.82 Å². The first kappa shape index (κ1) is 14.6. The molecular weight excluding hydrogens is 253 g/mol. The van der Waals surface area contributed by atoms with Crippen LogP contribution in [0.3, 0.4) is 0 Å². The van der Waals surface area contributed by atoms with Gasteiger partial charge in [0.2, 0.25) is 0 Å². The Balaban J connectivity index is 1.89. The van der Waals surface area contributed by atoms with Crippen molar-refractivity contribution < 1.29 is 4.39 Å². The number of aromatic nitrogens is 1. The van der Waals surface area contributed by atoms with Crippen molar-refractivity contribution in [3.05, 3.63) is 65.2 Å². The molecule has 0 saturated heterocycles. The van der Waals surface area contributed by atoms with E-state index in [1.54, 1.807) is 0 Å². The van der Waals surface area contributed by atoms with E-state index in [1.807, 2.05) is 36.5 Å². The lowest BCUT2D eigenvalue weighted by molar-refractivity contribution is 0.329. The molecule has 0 atom stereocenters. The number of halogens is 1. The van der Waals surface area contributed by atoms with Crippen molar-refractivity contribution in [2.24, 2.45) is 5.73 Å². The van der Waals surface area contributed by atoms with Crippen LogP contribution in [0.25, 0.3) is 0 Å². The molecule has 2 rings (SSSR count). The van der Waals surface area contributed by atoms with Gasteiger partial charge < -0.3 is 10.6 Å². The summed E-state index contributed by atoms with van der Waals surface area (Å²) in [5.74, 6) is -0.229. The van der Waals surface area contributed by atoms with Crippen LogP contribution in [0.5, 0.6) is 0 Å².